The summed E-state index contributed by atoms with van der Waals surface area (Å²) in [6.07, 6.45) is 0. The van der Waals surface area contributed by atoms with Crippen LogP contribution in [0.25, 0.3) is 0 Å². The number of nitrogens with zero attached hydrogens (tertiary/aromatic N) is 2. The Balaban J connectivity index is 1.58. The second kappa shape index (κ2) is 7.24. The lowest BCUT2D eigenvalue weighted by atomic mass is 10.1. The number of rotatable bonds is 4. The van der Waals surface area contributed by atoms with Crippen LogP contribution in [-0.2, 0) is 6.54 Å². The molecule has 0 aliphatic carbocycles. The van der Waals surface area contributed by atoms with E-state index in [2.05, 4.69) is 41.0 Å². The van der Waals surface area contributed by atoms with E-state index in [1.54, 1.807) is 7.11 Å². The van der Waals surface area contributed by atoms with Crippen LogP contribution in [0.5, 0.6) is 5.75 Å². The average Bonchev–Trinajstić information content (AvgIpc) is 2.56. The molecule has 122 valence electrons. The molecule has 0 bridgehead atoms. The zero-order valence-corrected chi connectivity index (χ0v) is 14.5. The molecule has 1 saturated heterocycles. The standard InChI is InChI=1S/C19H23ClN2O/c1-15-12-16(6-7-19(15)23-2)14-21-8-10-22(11-9-21)18-5-3-4-17(20)13-18/h3-7,12-13H,8-11,14H2,1-2H3. The van der Waals surface area contributed by atoms with Crippen molar-refractivity contribution in [2.75, 3.05) is 38.2 Å². The monoisotopic (exact) mass is 330 g/mol. The van der Waals surface area contributed by atoms with Gasteiger partial charge in [-0.15, -0.1) is 0 Å². The number of hydrogen-bond acceptors (Lipinski definition) is 3. The third-order valence-electron chi connectivity index (χ3n) is 4.41. The Kier molecular flexibility index (Phi) is 5.09. The van der Waals surface area contributed by atoms with E-state index in [9.17, 15) is 0 Å². The van der Waals surface area contributed by atoms with Crippen LogP contribution >= 0.6 is 11.6 Å². The van der Waals surface area contributed by atoms with Crippen LogP contribution in [-0.4, -0.2) is 38.2 Å². The van der Waals surface area contributed by atoms with Gasteiger partial charge >= 0.3 is 0 Å². The molecule has 2 aromatic carbocycles. The van der Waals surface area contributed by atoms with Crippen molar-refractivity contribution in [2.45, 2.75) is 13.5 Å². The van der Waals surface area contributed by atoms with Crippen LogP contribution < -0.4 is 9.64 Å². The highest BCUT2D eigenvalue weighted by atomic mass is 35.5. The highest BCUT2D eigenvalue weighted by molar-refractivity contribution is 6.30. The number of ether oxygens (including phenoxy) is 1. The maximum absolute atomic E-state index is 6.09. The summed E-state index contributed by atoms with van der Waals surface area (Å²) >= 11 is 6.09. The molecule has 1 aliphatic heterocycles. The smallest absolute Gasteiger partial charge is 0.121 e. The normalized spacial score (nSPS) is 15.7. The van der Waals surface area contributed by atoms with Gasteiger partial charge in [0.2, 0.25) is 0 Å². The minimum Gasteiger partial charge on any atom is -0.496 e. The molecule has 0 radical (unpaired) electrons. The van der Waals surface area contributed by atoms with Gasteiger partial charge in [0.25, 0.3) is 0 Å². The van der Waals surface area contributed by atoms with Crippen LogP contribution in [0.2, 0.25) is 5.02 Å². The van der Waals surface area contributed by atoms with Gasteiger partial charge in [-0.2, -0.15) is 0 Å². The third-order valence-corrected chi connectivity index (χ3v) is 4.65. The first-order chi connectivity index (χ1) is 11.2. The number of halogens is 1. The largest absolute Gasteiger partial charge is 0.496 e. The topological polar surface area (TPSA) is 15.7 Å². The molecule has 0 amide bonds. The first kappa shape index (κ1) is 16.2. The summed E-state index contributed by atoms with van der Waals surface area (Å²) in [5.74, 6) is 0.958. The van der Waals surface area contributed by atoms with Crippen LogP contribution in [0.15, 0.2) is 42.5 Å². The van der Waals surface area contributed by atoms with Crippen molar-refractivity contribution in [1.82, 2.24) is 4.90 Å². The van der Waals surface area contributed by atoms with E-state index in [1.165, 1.54) is 16.8 Å². The number of piperazine rings is 1. The first-order valence-corrected chi connectivity index (χ1v) is 8.40. The van der Waals surface area contributed by atoms with Gasteiger partial charge in [0.1, 0.15) is 5.75 Å². The molecule has 23 heavy (non-hydrogen) atoms. The van der Waals surface area contributed by atoms with Gasteiger partial charge in [-0.05, 0) is 42.3 Å². The third kappa shape index (κ3) is 3.98. The van der Waals surface area contributed by atoms with Crippen LogP contribution in [0.1, 0.15) is 11.1 Å². The second-order valence-electron chi connectivity index (χ2n) is 6.05. The van der Waals surface area contributed by atoms with Crippen LogP contribution in [0, 0.1) is 6.92 Å². The van der Waals surface area contributed by atoms with Gasteiger partial charge in [-0.25, -0.2) is 0 Å². The fourth-order valence-electron chi connectivity index (χ4n) is 3.13. The zero-order chi connectivity index (χ0) is 16.2. The van der Waals surface area contributed by atoms with Gasteiger partial charge in [0.05, 0.1) is 7.11 Å². The number of aryl methyl sites for hydroxylation is 1. The summed E-state index contributed by atoms with van der Waals surface area (Å²) in [4.78, 5) is 4.91. The first-order valence-electron chi connectivity index (χ1n) is 8.02. The Morgan fingerprint density at radius 2 is 1.83 bits per heavy atom. The van der Waals surface area contributed by atoms with Crippen molar-refractivity contribution in [1.29, 1.82) is 0 Å². The summed E-state index contributed by atoms with van der Waals surface area (Å²) in [6.45, 7) is 7.30. The number of hydrogen-bond donors (Lipinski definition) is 0. The molecule has 3 rings (SSSR count). The van der Waals surface area contributed by atoms with Gasteiger partial charge in [0, 0.05) is 43.4 Å². The van der Waals surface area contributed by atoms with Gasteiger partial charge < -0.3 is 9.64 Å². The molecule has 0 saturated carbocycles. The van der Waals surface area contributed by atoms with E-state index in [4.69, 9.17) is 16.3 Å². The van der Waals surface area contributed by atoms with E-state index in [0.29, 0.717) is 0 Å². The van der Waals surface area contributed by atoms with E-state index in [0.717, 1.165) is 43.5 Å². The summed E-state index contributed by atoms with van der Waals surface area (Å²) < 4.78 is 5.33. The van der Waals surface area contributed by atoms with Crippen LogP contribution in [0.3, 0.4) is 0 Å². The van der Waals surface area contributed by atoms with E-state index in [-0.39, 0.29) is 0 Å². The van der Waals surface area contributed by atoms with Crippen LogP contribution in [0.4, 0.5) is 5.69 Å². The molecule has 4 heteroatoms. The lowest BCUT2D eigenvalue weighted by Crippen LogP contribution is -2.45. The predicted octanol–water partition coefficient (Wildman–Crippen LogP) is 3.98. The van der Waals surface area contributed by atoms with Crippen molar-refractivity contribution in [3.05, 3.63) is 58.6 Å². The quantitative estimate of drug-likeness (QED) is 0.843. The molecule has 0 N–H and O–H groups in total. The summed E-state index contributed by atoms with van der Waals surface area (Å²) in [5, 5.41) is 0.804. The Morgan fingerprint density at radius 1 is 1.04 bits per heavy atom. The molecule has 3 nitrogen and oxygen atoms in total. The predicted molar refractivity (Wildman–Crippen MR) is 96.7 cm³/mol. The number of benzene rings is 2. The summed E-state index contributed by atoms with van der Waals surface area (Å²) in [5.41, 5.74) is 3.76. The molecule has 0 unspecified atom stereocenters. The van der Waals surface area contributed by atoms with Gasteiger partial charge in [0.15, 0.2) is 0 Å². The van der Waals surface area contributed by atoms with E-state index >= 15 is 0 Å². The Bertz CT molecular complexity index is 666. The second-order valence-corrected chi connectivity index (χ2v) is 6.48. The number of methoxy groups -OCH3 is 1. The van der Waals surface area contributed by atoms with Crippen molar-refractivity contribution < 1.29 is 4.74 Å². The van der Waals surface area contributed by atoms with Gasteiger partial charge in [-0.1, -0.05) is 29.8 Å². The molecule has 0 atom stereocenters. The highest BCUT2D eigenvalue weighted by Gasteiger charge is 2.17. The minimum absolute atomic E-state index is 0.804. The average molecular weight is 331 g/mol. The highest BCUT2D eigenvalue weighted by Crippen LogP contribution is 2.22. The fraction of sp³-hybridized carbons (Fsp3) is 0.368. The van der Waals surface area contributed by atoms with Crippen molar-refractivity contribution in [3.63, 3.8) is 0 Å². The molecule has 1 fully saturated rings. The van der Waals surface area contributed by atoms with E-state index in [1.807, 2.05) is 18.2 Å². The Morgan fingerprint density at radius 3 is 2.48 bits per heavy atom. The maximum Gasteiger partial charge on any atom is 0.121 e. The molecule has 2 aromatic rings. The van der Waals surface area contributed by atoms with Gasteiger partial charge in [-0.3, -0.25) is 4.90 Å². The summed E-state index contributed by atoms with van der Waals surface area (Å²) in [7, 11) is 1.72. The lowest BCUT2D eigenvalue weighted by Gasteiger charge is -2.36. The van der Waals surface area contributed by atoms with Crippen molar-refractivity contribution >= 4 is 17.3 Å². The van der Waals surface area contributed by atoms with E-state index < -0.39 is 0 Å². The lowest BCUT2D eigenvalue weighted by molar-refractivity contribution is 0.249. The Hall–Kier alpha value is -1.71. The molecular weight excluding hydrogens is 308 g/mol. The van der Waals surface area contributed by atoms with Crippen molar-refractivity contribution in [2.24, 2.45) is 0 Å². The Labute approximate surface area is 143 Å². The molecular formula is C19H23ClN2O. The SMILES string of the molecule is COc1ccc(CN2CCN(c3cccc(Cl)c3)CC2)cc1C. The molecule has 0 aromatic heterocycles. The number of anilines is 1. The fourth-order valence-corrected chi connectivity index (χ4v) is 3.32. The maximum atomic E-state index is 6.09. The minimum atomic E-state index is 0.804. The van der Waals surface area contributed by atoms with Crippen molar-refractivity contribution in [3.8, 4) is 5.75 Å². The molecule has 1 heterocycles. The zero-order valence-electron chi connectivity index (χ0n) is 13.8. The molecule has 0 spiro atoms. The summed E-state index contributed by atoms with van der Waals surface area (Å²) in [6, 6.07) is 14.6. The molecule has 1 aliphatic rings.